The molecule has 0 aliphatic heterocycles. The van der Waals surface area contributed by atoms with E-state index < -0.39 is 6.10 Å². The van der Waals surface area contributed by atoms with E-state index in [0.29, 0.717) is 25.2 Å². The number of hydrogen-bond acceptors (Lipinski definition) is 5. The van der Waals surface area contributed by atoms with Crippen molar-refractivity contribution in [2.24, 2.45) is 5.73 Å². The number of aromatic nitrogens is 2. The molecule has 2 rings (SSSR count). The molecule has 0 spiro atoms. The van der Waals surface area contributed by atoms with Crippen molar-refractivity contribution >= 4 is 15.9 Å². The lowest BCUT2D eigenvalue weighted by atomic mass is 10.1. The molecule has 3 N–H and O–H groups in total. The Hall–Kier alpha value is -1.24. The van der Waals surface area contributed by atoms with Crippen LogP contribution in [0.1, 0.15) is 29.8 Å². The maximum Gasteiger partial charge on any atom is 0.255 e. The number of rotatable bonds is 5. The van der Waals surface area contributed by atoms with Gasteiger partial charge in [0, 0.05) is 10.9 Å². The summed E-state index contributed by atoms with van der Waals surface area (Å²) in [6.07, 6.45) is 0.215. The monoisotopic (exact) mass is 311 g/mol. The minimum atomic E-state index is -0.777. The smallest absolute Gasteiger partial charge is 0.255 e. The molecule has 5 nitrogen and oxygen atoms in total. The second-order valence-electron chi connectivity index (χ2n) is 3.95. The van der Waals surface area contributed by atoms with Gasteiger partial charge in [-0.2, -0.15) is 4.98 Å². The largest absolute Gasteiger partial charge is 0.383 e. The summed E-state index contributed by atoms with van der Waals surface area (Å²) < 4.78 is 6.03. The lowest BCUT2D eigenvalue weighted by Crippen LogP contribution is -2.07. The van der Waals surface area contributed by atoms with Gasteiger partial charge in [0.25, 0.3) is 5.89 Å². The SMILES string of the molecule is NCC[C@H](O)c1nc(Cc2ccc(Br)cc2)no1. The van der Waals surface area contributed by atoms with Crippen molar-refractivity contribution in [3.63, 3.8) is 0 Å². The van der Waals surface area contributed by atoms with Gasteiger partial charge in [-0.05, 0) is 30.7 Å². The number of aliphatic hydroxyl groups excluding tert-OH is 1. The molecule has 0 saturated carbocycles. The van der Waals surface area contributed by atoms with Crippen LogP contribution in [-0.4, -0.2) is 21.8 Å². The van der Waals surface area contributed by atoms with Crippen LogP contribution in [0.15, 0.2) is 33.3 Å². The zero-order chi connectivity index (χ0) is 13.0. The Labute approximate surface area is 113 Å². The molecule has 0 saturated heterocycles. The summed E-state index contributed by atoms with van der Waals surface area (Å²) >= 11 is 3.38. The van der Waals surface area contributed by atoms with Crippen LogP contribution in [-0.2, 0) is 6.42 Å². The Balaban J connectivity index is 2.04. The molecule has 0 amide bonds. The first-order valence-electron chi connectivity index (χ1n) is 5.64. The van der Waals surface area contributed by atoms with Gasteiger partial charge in [-0.3, -0.25) is 0 Å². The highest BCUT2D eigenvalue weighted by Gasteiger charge is 2.15. The molecule has 0 unspecified atom stereocenters. The number of nitrogens with two attached hydrogens (primary N) is 1. The summed E-state index contributed by atoms with van der Waals surface area (Å²) in [7, 11) is 0. The van der Waals surface area contributed by atoms with Gasteiger partial charge in [0.15, 0.2) is 5.82 Å². The molecule has 0 bridgehead atoms. The molecule has 1 heterocycles. The molecule has 2 aromatic rings. The van der Waals surface area contributed by atoms with Crippen molar-refractivity contribution in [2.75, 3.05) is 6.54 Å². The molecular formula is C12H14BrN3O2. The van der Waals surface area contributed by atoms with Gasteiger partial charge < -0.3 is 15.4 Å². The standard InChI is InChI=1S/C12H14BrN3O2/c13-9-3-1-8(2-4-9)7-11-15-12(18-16-11)10(17)5-6-14/h1-4,10,17H,5-7,14H2/t10-/m0/s1. The number of hydrogen-bond donors (Lipinski definition) is 2. The third-order valence-electron chi connectivity index (χ3n) is 2.48. The molecular weight excluding hydrogens is 298 g/mol. The van der Waals surface area contributed by atoms with Crippen LogP contribution >= 0.6 is 15.9 Å². The third kappa shape index (κ3) is 3.38. The van der Waals surface area contributed by atoms with Crippen molar-refractivity contribution in [3.8, 4) is 0 Å². The minimum absolute atomic E-state index is 0.229. The average molecular weight is 312 g/mol. The number of aliphatic hydroxyl groups is 1. The van der Waals surface area contributed by atoms with Gasteiger partial charge in [0.2, 0.25) is 0 Å². The van der Waals surface area contributed by atoms with Crippen LogP contribution in [0.25, 0.3) is 0 Å². The van der Waals surface area contributed by atoms with Crippen LogP contribution < -0.4 is 5.73 Å². The summed E-state index contributed by atoms with van der Waals surface area (Å²) in [5, 5.41) is 13.5. The number of halogens is 1. The van der Waals surface area contributed by atoms with E-state index in [0.717, 1.165) is 10.0 Å². The molecule has 6 heteroatoms. The zero-order valence-corrected chi connectivity index (χ0v) is 11.3. The van der Waals surface area contributed by atoms with Crippen LogP contribution in [0.3, 0.4) is 0 Å². The fourth-order valence-corrected chi connectivity index (χ4v) is 1.81. The Morgan fingerprint density at radius 1 is 1.33 bits per heavy atom. The van der Waals surface area contributed by atoms with Crippen LogP contribution in [0.2, 0.25) is 0 Å². The van der Waals surface area contributed by atoms with Crippen LogP contribution in [0.4, 0.5) is 0 Å². The third-order valence-corrected chi connectivity index (χ3v) is 3.01. The van der Waals surface area contributed by atoms with E-state index in [9.17, 15) is 5.11 Å². The highest BCUT2D eigenvalue weighted by molar-refractivity contribution is 9.10. The van der Waals surface area contributed by atoms with Gasteiger partial charge in [-0.1, -0.05) is 33.2 Å². The van der Waals surface area contributed by atoms with E-state index in [-0.39, 0.29) is 5.89 Å². The molecule has 0 aliphatic rings. The summed E-state index contributed by atoms with van der Waals surface area (Å²) in [4.78, 5) is 4.15. The summed E-state index contributed by atoms with van der Waals surface area (Å²) in [6.45, 7) is 0.381. The van der Waals surface area contributed by atoms with E-state index in [1.807, 2.05) is 24.3 Å². The molecule has 1 aromatic heterocycles. The second kappa shape index (κ2) is 6.08. The van der Waals surface area contributed by atoms with E-state index in [4.69, 9.17) is 10.3 Å². The van der Waals surface area contributed by atoms with Crippen molar-refractivity contribution in [3.05, 3.63) is 46.0 Å². The van der Waals surface area contributed by atoms with E-state index in [2.05, 4.69) is 26.1 Å². The predicted molar refractivity (Wildman–Crippen MR) is 69.9 cm³/mol. The maximum atomic E-state index is 9.65. The average Bonchev–Trinajstić information content (AvgIpc) is 2.81. The van der Waals surface area contributed by atoms with Gasteiger partial charge in [-0.25, -0.2) is 0 Å². The Kier molecular flexibility index (Phi) is 4.46. The van der Waals surface area contributed by atoms with Crippen LogP contribution in [0.5, 0.6) is 0 Å². The molecule has 1 atom stereocenters. The number of nitrogens with zero attached hydrogens (tertiary/aromatic N) is 2. The second-order valence-corrected chi connectivity index (χ2v) is 4.86. The topological polar surface area (TPSA) is 85.2 Å². The maximum absolute atomic E-state index is 9.65. The highest BCUT2D eigenvalue weighted by atomic mass is 79.9. The molecule has 96 valence electrons. The summed E-state index contributed by atoms with van der Waals surface area (Å²) in [5.74, 6) is 0.788. The first-order chi connectivity index (χ1) is 8.69. The van der Waals surface area contributed by atoms with E-state index >= 15 is 0 Å². The fourth-order valence-electron chi connectivity index (χ4n) is 1.54. The van der Waals surface area contributed by atoms with Gasteiger partial charge in [-0.15, -0.1) is 0 Å². The molecule has 0 fully saturated rings. The molecule has 1 aromatic carbocycles. The Morgan fingerprint density at radius 3 is 2.72 bits per heavy atom. The van der Waals surface area contributed by atoms with E-state index in [1.54, 1.807) is 0 Å². The van der Waals surface area contributed by atoms with Crippen molar-refractivity contribution in [1.29, 1.82) is 0 Å². The van der Waals surface area contributed by atoms with Gasteiger partial charge in [0.05, 0.1) is 0 Å². The lowest BCUT2D eigenvalue weighted by molar-refractivity contribution is 0.127. The first-order valence-corrected chi connectivity index (χ1v) is 6.43. The minimum Gasteiger partial charge on any atom is -0.383 e. The van der Waals surface area contributed by atoms with Gasteiger partial charge in [0.1, 0.15) is 6.10 Å². The molecule has 0 aliphatic carbocycles. The van der Waals surface area contributed by atoms with E-state index in [1.165, 1.54) is 0 Å². The normalized spacial score (nSPS) is 12.6. The van der Waals surface area contributed by atoms with Crippen LogP contribution in [0, 0.1) is 0 Å². The lowest BCUT2D eigenvalue weighted by Gasteiger charge is -2.01. The quantitative estimate of drug-likeness (QED) is 0.879. The van der Waals surface area contributed by atoms with Crippen molar-refractivity contribution in [2.45, 2.75) is 18.9 Å². The van der Waals surface area contributed by atoms with Crippen molar-refractivity contribution < 1.29 is 9.63 Å². The first kappa shape index (κ1) is 13.2. The zero-order valence-electron chi connectivity index (χ0n) is 9.71. The predicted octanol–water partition coefficient (Wildman–Crippen LogP) is 1.81. The Morgan fingerprint density at radius 2 is 2.06 bits per heavy atom. The number of benzene rings is 1. The van der Waals surface area contributed by atoms with Crippen molar-refractivity contribution in [1.82, 2.24) is 10.1 Å². The molecule has 0 radical (unpaired) electrons. The Bertz CT molecular complexity index is 498. The van der Waals surface area contributed by atoms with Gasteiger partial charge >= 0.3 is 0 Å². The highest BCUT2D eigenvalue weighted by Crippen LogP contribution is 2.16. The summed E-state index contributed by atoms with van der Waals surface area (Å²) in [5.41, 5.74) is 6.44. The fraction of sp³-hybridized carbons (Fsp3) is 0.333. The molecule has 18 heavy (non-hydrogen) atoms. The summed E-state index contributed by atoms with van der Waals surface area (Å²) in [6, 6.07) is 7.88.